The molecular weight excluding hydrogens is 294 g/mol. The van der Waals surface area contributed by atoms with Crippen LogP contribution in [0.25, 0.3) is 0 Å². The largest absolute Gasteiger partial charge is 0.490 e. The Bertz CT molecular complexity index is 762. The number of tetrazole rings is 1. The molecule has 0 spiro atoms. The van der Waals surface area contributed by atoms with Crippen molar-refractivity contribution in [3.8, 4) is 5.75 Å². The molecule has 2 N–H and O–H groups in total. The van der Waals surface area contributed by atoms with Crippen molar-refractivity contribution in [2.75, 3.05) is 6.61 Å². The minimum Gasteiger partial charge on any atom is -0.490 e. The van der Waals surface area contributed by atoms with Crippen LogP contribution in [0.5, 0.6) is 5.75 Å². The summed E-state index contributed by atoms with van der Waals surface area (Å²) in [5.74, 6) is -0.00759. The number of primary amides is 1. The molecule has 1 atom stereocenters. The van der Waals surface area contributed by atoms with E-state index in [4.69, 9.17) is 10.5 Å². The first-order chi connectivity index (χ1) is 11.2. The minimum absolute atomic E-state index is 0.0489. The molecule has 116 valence electrons. The van der Waals surface area contributed by atoms with Crippen molar-refractivity contribution in [1.29, 1.82) is 0 Å². The van der Waals surface area contributed by atoms with E-state index in [1.807, 2.05) is 36.4 Å². The van der Waals surface area contributed by atoms with Gasteiger partial charge in [-0.2, -0.15) is 0 Å². The molecule has 0 aliphatic heterocycles. The van der Waals surface area contributed by atoms with Crippen molar-refractivity contribution in [2.45, 2.75) is 5.54 Å². The highest BCUT2D eigenvalue weighted by atomic mass is 16.5. The van der Waals surface area contributed by atoms with Crippen LogP contribution in [-0.2, 0) is 10.3 Å². The highest BCUT2D eigenvalue weighted by molar-refractivity contribution is 5.86. The van der Waals surface area contributed by atoms with Gasteiger partial charge in [-0.05, 0) is 22.9 Å². The van der Waals surface area contributed by atoms with Gasteiger partial charge in [0.2, 0.25) is 5.54 Å². The van der Waals surface area contributed by atoms with Crippen molar-refractivity contribution in [2.24, 2.45) is 5.73 Å². The van der Waals surface area contributed by atoms with Crippen LogP contribution < -0.4 is 10.5 Å². The molecule has 3 aromatic rings. The van der Waals surface area contributed by atoms with Gasteiger partial charge in [-0.25, -0.2) is 0 Å². The quantitative estimate of drug-likeness (QED) is 0.732. The van der Waals surface area contributed by atoms with Crippen LogP contribution in [0.4, 0.5) is 0 Å². The van der Waals surface area contributed by atoms with E-state index < -0.39 is 11.4 Å². The maximum atomic E-state index is 12.4. The summed E-state index contributed by atoms with van der Waals surface area (Å²) in [7, 11) is 0. The number of hydrogen-bond acceptors (Lipinski definition) is 5. The summed E-state index contributed by atoms with van der Waals surface area (Å²) in [6.45, 7) is -0.0489. The molecular formula is C16H15N5O2. The van der Waals surface area contributed by atoms with E-state index in [2.05, 4.69) is 15.4 Å². The fourth-order valence-corrected chi connectivity index (χ4v) is 2.33. The number of benzene rings is 2. The summed E-state index contributed by atoms with van der Waals surface area (Å²) < 4.78 is 5.78. The lowest BCUT2D eigenvalue weighted by atomic mass is 9.90. The average molecular weight is 309 g/mol. The van der Waals surface area contributed by atoms with Gasteiger partial charge in [0.1, 0.15) is 12.4 Å². The number of carbonyl (C=O) groups excluding carboxylic acids is 1. The third kappa shape index (κ3) is 2.76. The number of carbonyl (C=O) groups is 1. The highest BCUT2D eigenvalue weighted by Gasteiger charge is 2.44. The topological polar surface area (TPSA) is 95.9 Å². The van der Waals surface area contributed by atoms with Crippen LogP contribution in [0, 0.1) is 0 Å². The lowest BCUT2D eigenvalue weighted by Gasteiger charge is -2.29. The molecule has 23 heavy (non-hydrogen) atoms. The van der Waals surface area contributed by atoms with Gasteiger partial charge in [-0.15, -0.1) is 15.0 Å². The second-order valence-electron chi connectivity index (χ2n) is 4.92. The van der Waals surface area contributed by atoms with Gasteiger partial charge in [0.15, 0.2) is 6.33 Å². The van der Waals surface area contributed by atoms with E-state index in [1.165, 1.54) is 11.1 Å². The van der Waals surface area contributed by atoms with Gasteiger partial charge in [0.05, 0.1) is 0 Å². The molecule has 3 rings (SSSR count). The molecule has 1 amide bonds. The Labute approximate surface area is 132 Å². The second-order valence-corrected chi connectivity index (χ2v) is 4.92. The first kappa shape index (κ1) is 14.7. The number of ether oxygens (including phenoxy) is 1. The van der Waals surface area contributed by atoms with Gasteiger partial charge in [-0.3, -0.25) is 4.79 Å². The standard InChI is InChI=1S/C16H15N5O2/c17-15(22)16(21-19-12-18-20-21,13-7-3-1-4-8-13)11-23-14-9-5-2-6-10-14/h1-10,12H,11H2,(H2,17,22). The van der Waals surface area contributed by atoms with E-state index in [0.717, 1.165) is 0 Å². The zero-order chi connectivity index (χ0) is 16.1. The molecule has 0 radical (unpaired) electrons. The fraction of sp³-hybridized carbons (Fsp3) is 0.125. The van der Waals surface area contributed by atoms with E-state index in [9.17, 15) is 4.79 Å². The van der Waals surface area contributed by atoms with E-state index in [-0.39, 0.29) is 6.61 Å². The van der Waals surface area contributed by atoms with Gasteiger partial charge in [0.25, 0.3) is 5.91 Å². The molecule has 7 heteroatoms. The predicted molar refractivity (Wildman–Crippen MR) is 82.5 cm³/mol. The van der Waals surface area contributed by atoms with Crippen molar-refractivity contribution in [1.82, 2.24) is 20.2 Å². The van der Waals surface area contributed by atoms with Crippen LogP contribution in [0.3, 0.4) is 0 Å². The van der Waals surface area contributed by atoms with E-state index in [0.29, 0.717) is 11.3 Å². The number of para-hydroxylation sites is 1. The number of nitrogens with two attached hydrogens (primary N) is 1. The number of rotatable bonds is 6. The Morgan fingerprint density at radius 3 is 2.30 bits per heavy atom. The zero-order valence-corrected chi connectivity index (χ0v) is 12.2. The summed E-state index contributed by atoms with van der Waals surface area (Å²) in [6.07, 6.45) is 1.25. The molecule has 1 aromatic heterocycles. The fourth-order valence-electron chi connectivity index (χ4n) is 2.33. The maximum Gasteiger partial charge on any atom is 0.255 e. The number of amides is 1. The summed E-state index contributed by atoms with van der Waals surface area (Å²) >= 11 is 0. The highest BCUT2D eigenvalue weighted by Crippen LogP contribution is 2.26. The molecule has 1 heterocycles. The summed E-state index contributed by atoms with van der Waals surface area (Å²) in [4.78, 5) is 13.5. The molecule has 0 saturated carbocycles. The van der Waals surface area contributed by atoms with Crippen LogP contribution in [0.15, 0.2) is 67.0 Å². The Morgan fingerprint density at radius 2 is 1.74 bits per heavy atom. The molecule has 0 bridgehead atoms. The predicted octanol–water partition coefficient (Wildman–Crippen LogP) is 0.981. The molecule has 2 aromatic carbocycles. The van der Waals surface area contributed by atoms with Crippen molar-refractivity contribution < 1.29 is 9.53 Å². The number of nitrogens with zero attached hydrogens (tertiary/aromatic N) is 4. The van der Waals surface area contributed by atoms with E-state index in [1.54, 1.807) is 24.3 Å². The lowest BCUT2D eigenvalue weighted by molar-refractivity contribution is -0.127. The minimum atomic E-state index is -1.38. The molecule has 0 aliphatic carbocycles. The van der Waals surface area contributed by atoms with Crippen LogP contribution in [-0.4, -0.2) is 32.7 Å². The Morgan fingerprint density at radius 1 is 1.09 bits per heavy atom. The molecule has 7 nitrogen and oxygen atoms in total. The SMILES string of the molecule is NC(=O)C(COc1ccccc1)(c1ccccc1)n1ncnn1. The normalized spacial score (nSPS) is 13.2. The van der Waals surface area contributed by atoms with Crippen molar-refractivity contribution in [3.63, 3.8) is 0 Å². The van der Waals surface area contributed by atoms with Crippen LogP contribution >= 0.6 is 0 Å². The van der Waals surface area contributed by atoms with Gasteiger partial charge < -0.3 is 10.5 Å². The summed E-state index contributed by atoms with van der Waals surface area (Å²) in [6, 6.07) is 18.2. The second kappa shape index (κ2) is 6.27. The lowest BCUT2D eigenvalue weighted by Crippen LogP contribution is -2.53. The smallest absolute Gasteiger partial charge is 0.255 e. The Kier molecular flexibility index (Phi) is 4.01. The van der Waals surface area contributed by atoms with Gasteiger partial charge in [0, 0.05) is 0 Å². The number of hydrogen-bond donors (Lipinski definition) is 1. The first-order valence-corrected chi connectivity index (χ1v) is 7.00. The van der Waals surface area contributed by atoms with Crippen LogP contribution in [0.1, 0.15) is 5.56 Å². The molecule has 1 unspecified atom stereocenters. The summed E-state index contributed by atoms with van der Waals surface area (Å²) in [5.41, 5.74) is 4.96. The average Bonchev–Trinajstić information content (AvgIpc) is 3.12. The molecule has 0 aliphatic rings. The molecule has 0 fully saturated rings. The van der Waals surface area contributed by atoms with Crippen molar-refractivity contribution in [3.05, 3.63) is 72.6 Å². The van der Waals surface area contributed by atoms with Gasteiger partial charge in [-0.1, -0.05) is 48.5 Å². The monoisotopic (exact) mass is 309 g/mol. The Hall–Kier alpha value is -3.22. The number of aromatic nitrogens is 4. The third-order valence-corrected chi connectivity index (χ3v) is 3.54. The van der Waals surface area contributed by atoms with Crippen LogP contribution in [0.2, 0.25) is 0 Å². The zero-order valence-electron chi connectivity index (χ0n) is 12.2. The van der Waals surface area contributed by atoms with Crippen molar-refractivity contribution >= 4 is 5.91 Å². The first-order valence-electron chi connectivity index (χ1n) is 7.00. The Balaban J connectivity index is 2.04. The molecule has 0 saturated heterocycles. The van der Waals surface area contributed by atoms with Gasteiger partial charge >= 0.3 is 0 Å². The summed E-state index contributed by atoms with van der Waals surface area (Å²) in [5, 5.41) is 11.6. The van der Waals surface area contributed by atoms with E-state index >= 15 is 0 Å². The third-order valence-electron chi connectivity index (χ3n) is 3.54. The maximum absolute atomic E-state index is 12.4.